The summed E-state index contributed by atoms with van der Waals surface area (Å²) in [5.74, 6) is -0.813. The molecule has 2 aromatic carbocycles. The predicted molar refractivity (Wildman–Crippen MR) is 101 cm³/mol. The second-order valence-electron chi connectivity index (χ2n) is 6.95. The van der Waals surface area contributed by atoms with Crippen LogP contribution >= 0.6 is 0 Å². The molecule has 2 aromatic rings. The maximum absolute atomic E-state index is 13.3. The summed E-state index contributed by atoms with van der Waals surface area (Å²) >= 11 is 0. The topological polar surface area (TPSA) is 78.9 Å². The highest BCUT2D eigenvalue weighted by Gasteiger charge is 2.46. The first-order valence-electron chi connectivity index (χ1n) is 9.01. The minimum atomic E-state index is -1.25. The Morgan fingerprint density at radius 1 is 0.964 bits per heavy atom. The fourth-order valence-electron chi connectivity index (χ4n) is 3.12. The van der Waals surface area contributed by atoms with Crippen LogP contribution in [0.15, 0.2) is 48.5 Å². The summed E-state index contributed by atoms with van der Waals surface area (Å²) in [4.78, 5) is 35.9. The summed E-state index contributed by atoms with van der Waals surface area (Å²) in [6.07, 6.45) is 0.669. The molecule has 0 amide bonds. The van der Waals surface area contributed by atoms with Crippen LogP contribution < -0.4 is 4.74 Å². The van der Waals surface area contributed by atoms with Crippen LogP contribution in [0.2, 0.25) is 0 Å². The summed E-state index contributed by atoms with van der Waals surface area (Å²) in [7, 11) is 0. The Kier molecular flexibility index (Phi) is 5.78. The molecule has 0 saturated heterocycles. The van der Waals surface area contributed by atoms with Gasteiger partial charge in [-0.25, -0.2) is 0 Å². The van der Waals surface area contributed by atoms with Crippen molar-refractivity contribution in [2.45, 2.75) is 20.3 Å². The Hall–Kier alpha value is -3.15. The SMILES string of the molecule is CC(=O)OCC1(COC(C)=O)COc2ccc(Cc3ccccc3)cc2C1=O. The Bertz CT molecular complexity index is 869. The smallest absolute Gasteiger partial charge is 0.302 e. The molecular formula is C22H22O6. The third kappa shape index (κ3) is 4.39. The Morgan fingerprint density at radius 2 is 1.61 bits per heavy atom. The number of hydrogen-bond donors (Lipinski definition) is 0. The highest BCUT2D eigenvalue weighted by molar-refractivity contribution is 6.04. The summed E-state index contributed by atoms with van der Waals surface area (Å²) < 4.78 is 16.0. The van der Waals surface area contributed by atoms with E-state index in [4.69, 9.17) is 14.2 Å². The lowest BCUT2D eigenvalue weighted by Gasteiger charge is -2.35. The molecule has 0 bridgehead atoms. The standard InChI is InChI=1S/C22H22O6/c1-15(23)26-12-22(13-27-16(2)24)14-28-20-9-8-18(11-19(20)21(22)25)10-17-6-4-3-5-7-17/h3-9,11H,10,12-14H2,1-2H3. The van der Waals surface area contributed by atoms with Crippen LogP contribution in [0.1, 0.15) is 35.3 Å². The molecule has 1 heterocycles. The Labute approximate surface area is 163 Å². The number of ketones is 1. The second-order valence-corrected chi connectivity index (χ2v) is 6.95. The van der Waals surface area contributed by atoms with Gasteiger partial charge in [0.2, 0.25) is 0 Å². The maximum Gasteiger partial charge on any atom is 0.302 e. The lowest BCUT2D eigenvalue weighted by atomic mass is 9.79. The van der Waals surface area contributed by atoms with Crippen molar-refractivity contribution in [2.24, 2.45) is 5.41 Å². The Balaban J connectivity index is 1.89. The van der Waals surface area contributed by atoms with Gasteiger partial charge < -0.3 is 14.2 Å². The minimum absolute atomic E-state index is 0.0303. The third-order valence-corrected chi connectivity index (χ3v) is 4.63. The zero-order valence-corrected chi connectivity index (χ0v) is 15.9. The van der Waals surface area contributed by atoms with Gasteiger partial charge in [-0.2, -0.15) is 0 Å². The van der Waals surface area contributed by atoms with Gasteiger partial charge in [0.05, 0.1) is 5.56 Å². The van der Waals surface area contributed by atoms with Crippen LogP contribution in [0, 0.1) is 5.41 Å². The lowest BCUT2D eigenvalue weighted by molar-refractivity contribution is -0.150. The summed E-state index contributed by atoms with van der Waals surface area (Å²) in [6.45, 7) is 2.07. The highest BCUT2D eigenvalue weighted by Crippen LogP contribution is 2.36. The number of Topliss-reactive ketones (excluding diaryl/α,β-unsaturated/α-hetero) is 1. The first-order chi connectivity index (χ1) is 13.4. The fraction of sp³-hybridized carbons (Fsp3) is 0.318. The fourth-order valence-corrected chi connectivity index (χ4v) is 3.12. The van der Waals surface area contributed by atoms with Gasteiger partial charge in [0.25, 0.3) is 0 Å². The molecule has 0 unspecified atom stereocenters. The molecular weight excluding hydrogens is 360 g/mol. The molecule has 0 aliphatic carbocycles. The van der Waals surface area contributed by atoms with E-state index in [-0.39, 0.29) is 25.6 Å². The number of benzene rings is 2. The molecule has 0 fully saturated rings. The van der Waals surface area contributed by atoms with Crippen LogP contribution in [0.5, 0.6) is 5.75 Å². The van der Waals surface area contributed by atoms with Crippen molar-refractivity contribution in [1.29, 1.82) is 0 Å². The maximum atomic E-state index is 13.3. The van der Waals surface area contributed by atoms with E-state index in [1.807, 2.05) is 36.4 Å². The van der Waals surface area contributed by atoms with Gasteiger partial charge in [0, 0.05) is 13.8 Å². The molecule has 3 rings (SSSR count). The average Bonchev–Trinajstić information content (AvgIpc) is 2.68. The number of carbonyl (C=O) groups is 3. The van der Waals surface area contributed by atoms with Gasteiger partial charge in [-0.3, -0.25) is 14.4 Å². The molecule has 0 N–H and O–H groups in total. The molecule has 6 nitrogen and oxygen atoms in total. The van der Waals surface area contributed by atoms with Crippen LogP contribution in [0.3, 0.4) is 0 Å². The van der Waals surface area contributed by atoms with E-state index in [1.165, 1.54) is 13.8 Å². The van der Waals surface area contributed by atoms with Crippen molar-refractivity contribution in [3.05, 3.63) is 65.2 Å². The molecule has 0 spiro atoms. The molecule has 28 heavy (non-hydrogen) atoms. The highest BCUT2D eigenvalue weighted by atomic mass is 16.6. The van der Waals surface area contributed by atoms with Gasteiger partial charge in [-0.05, 0) is 29.7 Å². The molecule has 146 valence electrons. The molecule has 1 aliphatic heterocycles. The monoisotopic (exact) mass is 382 g/mol. The van der Waals surface area contributed by atoms with Gasteiger partial charge in [-0.1, -0.05) is 36.4 Å². The van der Waals surface area contributed by atoms with E-state index in [1.54, 1.807) is 12.1 Å². The van der Waals surface area contributed by atoms with E-state index in [9.17, 15) is 14.4 Å². The zero-order chi connectivity index (χ0) is 20.1. The van der Waals surface area contributed by atoms with Gasteiger partial charge in [0.15, 0.2) is 5.78 Å². The molecule has 0 atom stereocenters. The van der Waals surface area contributed by atoms with Gasteiger partial charge >= 0.3 is 11.9 Å². The van der Waals surface area contributed by atoms with Crippen LogP contribution in [0.4, 0.5) is 0 Å². The van der Waals surface area contributed by atoms with Crippen molar-refractivity contribution < 1.29 is 28.6 Å². The van der Waals surface area contributed by atoms with Crippen LogP contribution in [0.25, 0.3) is 0 Å². The number of ether oxygens (including phenoxy) is 3. The molecule has 1 aliphatic rings. The summed E-state index contributed by atoms with van der Waals surface area (Å²) in [5, 5.41) is 0. The quantitative estimate of drug-likeness (QED) is 0.715. The molecule has 0 radical (unpaired) electrons. The summed E-state index contributed by atoms with van der Waals surface area (Å²) in [5.41, 5.74) is 1.23. The predicted octanol–water partition coefficient (Wildman–Crippen LogP) is 2.97. The first-order valence-corrected chi connectivity index (χ1v) is 9.01. The number of carbonyl (C=O) groups excluding carboxylic acids is 3. The number of fused-ring (bicyclic) bond motifs is 1. The summed E-state index contributed by atoms with van der Waals surface area (Å²) in [6, 6.07) is 15.4. The largest absolute Gasteiger partial charge is 0.491 e. The van der Waals surface area contributed by atoms with Crippen molar-refractivity contribution >= 4 is 17.7 Å². The second kappa shape index (κ2) is 8.25. The normalized spacial score (nSPS) is 14.6. The van der Waals surface area contributed by atoms with Gasteiger partial charge in [-0.15, -0.1) is 0 Å². The number of esters is 2. The van der Waals surface area contributed by atoms with E-state index in [2.05, 4.69) is 0 Å². The zero-order valence-electron chi connectivity index (χ0n) is 15.9. The van der Waals surface area contributed by atoms with Crippen molar-refractivity contribution in [3.8, 4) is 5.75 Å². The van der Waals surface area contributed by atoms with Crippen molar-refractivity contribution in [3.63, 3.8) is 0 Å². The average molecular weight is 382 g/mol. The Morgan fingerprint density at radius 3 is 2.21 bits per heavy atom. The number of rotatable bonds is 6. The van der Waals surface area contributed by atoms with Crippen molar-refractivity contribution in [1.82, 2.24) is 0 Å². The molecule has 0 aromatic heterocycles. The number of hydrogen-bond acceptors (Lipinski definition) is 6. The van der Waals surface area contributed by atoms with E-state index >= 15 is 0 Å². The third-order valence-electron chi connectivity index (χ3n) is 4.63. The molecule has 6 heteroatoms. The minimum Gasteiger partial charge on any atom is -0.491 e. The van der Waals surface area contributed by atoms with Gasteiger partial charge in [0.1, 0.15) is 31.0 Å². The lowest BCUT2D eigenvalue weighted by Crippen LogP contribution is -2.48. The van der Waals surface area contributed by atoms with E-state index in [0.29, 0.717) is 17.7 Å². The molecule has 0 saturated carbocycles. The van der Waals surface area contributed by atoms with E-state index in [0.717, 1.165) is 11.1 Å². The van der Waals surface area contributed by atoms with Crippen LogP contribution in [-0.2, 0) is 25.5 Å². The first kappa shape index (κ1) is 19.6. The van der Waals surface area contributed by atoms with Crippen LogP contribution in [-0.4, -0.2) is 37.5 Å². The van der Waals surface area contributed by atoms with E-state index < -0.39 is 17.4 Å². The van der Waals surface area contributed by atoms with Crippen molar-refractivity contribution in [2.75, 3.05) is 19.8 Å².